The van der Waals surface area contributed by atoms with Gasteiger partial charge in [0.1, 0.15) is 5.82 Å². The predicted molar refractivity (Wildman–Crippen MR) is 108 cm³/mol. The molecule has 1 aromatic carbocycles. The molecule has 1 saturated heterocycles. The van der Waals surface area contributed by atoms with Crippen LogP contribution in [0.25, 0.3) is 0 Å². The number of benzene rings is 1. The first-order chi connectivity index (χ1) is 12.6. The molecule has 5 nitrogen and oxygen atoms in total. The Morgan fingerprint density at radius 2 is 1.92 bits per heavy atom. The first-order valence-corrected chi connectivity index (χ1v) is 10.1. The van der Waals surface area contributed by atoms with E-state index in [1.807, 2.05) is 12.1 Å². The van der Waals surface area contributed by atoms with Crippen molar-refractivity contribution in [2.24, 2.45) is 4.99 Å². The van der Waals surface area contributed by atoms with Crippen LogP contribution in [-0.4, -0.2) is 69.6 Å². The number of halogens is 1. The van der Waals surface area contributed by atoms with E-state index in [-0.39, 0.29) is 11.4 Å². The minimum Gasteiger partial charge on any atom is -0.381 e. The van der Waals surface area contributed by atoms with Gasteiger partial charge in [0.25, 0.3) is 0 Å². The third kappa shape index (κ3) is 6.45. The maximum atomic E-state index is 12.9. The minimum atomic E-state index is -0.189. The van der Waals surface area contributed by atoms with Crippen LogP contribution >= 0.6 is 11.8 Å². The minimum absolute atomic E-state index is 0.119. The predicted octanol–water partition coefficient (Wildman–Crippen LogP) is 2.58. The zero-order chi connectivity index (χ0) is 18.8. The molecule has 1 aromatic rings. The van der Waals surface area contributed by atoms with E-state index in [1.165, 1.54) is 12.1 Å². The molecule has 1 aliphatic rings. The molecular weight excluding hydrogens is 351 g/mol. The molecule has 0 aliphatic carbocycles. The van der Waals surface area contributed by atoms with E-state index >= 15 is 0 Å². The molecule has 0 amide bonds. The molecule has 0 bridgehead atoms. The third-order valence-electron chi connectivity index (χ3n) is 4.88. The van der Waals surface area contributed by atoms with Crippen molar-refractivity contribution in [1.29, 1.82) is 0 Å². The van der Waals surface area contributed by atoms with Crippen LogP contribution in [0.15, 0.2) is 34.2 Å². The maximum Gasteiger partial charge on any atom is 0.191 e. The van der Waals surface area contributed by atoms with Gasteiger partial charge in [-0.1, -0.05) is 0 Å². The summed E-state index contributed by atoms with van der Waals surface area (Å²) in [7, 11) is 6.07. The first kappa shape index (κ1) is 21.0. The van der Waals surface area contributed by atoms with Crippen LogP contribution in [0.3, 0.4) is 0 Å². The van der Waals surface area contributed by atoms with Crippen molar-refractivity contribution in [3.05, 3.63) is 30.1 Å². The Kier molecular flexibility index (Phi) is 8.68. The first-order valence-electron chi connectivity index (χ1n) is 9.14. The summed E-state index contributed by atoms with van der Waals surface area (Å²) in [6, 6.07) is 6.65. The molecule has 0 unspecified atom stereocenters. The van der Waals surface area contributed by atoms with Gasteiger partial charge < -0.3 is 20.3 Å². The van der Waals surface area contributed by atoms with Gasteiger partial charge in [-0.2, -0.15) is 0 Å². The number of likely N-dealkylation sites (N-methyl/N-ethyl adjacent to an activating group) is 1. The number of thioether (sulfide) groups is 1. The van der Waals surface area contributed by atoms with Gasteiger partial charge in [0.2, 0.25) is 0 Å². The lowest BCUT2D eigenvalue weighted by Crippen LogP contribution is -2.57. The van der Waals surface area contributed by atoms with Crippen LogP contribution in [0.2, 0.25) is 0 Å². The van der Waals surface area contributed by atoms with Gasteiger partial charge in [-0.25, -0.2) is 4.39 Å². The van der Waals surface area contributed by atoms with Crippen molar-refractivity contribution in [1.82, 2.24) is 15.5 Å². The van der Waals surface area contributed by atoms with E-state index < -0.39 is 0 Å². The second kappa shape index (κ2) is 10.7. The number of ether oxygens (including phenoxy) is 1. The zero-order valence-corrected chi connectivity index (χ0v) is 16.9. The fraction of sp³-hybridized carbons (Fsp3) is 0.632. The van der Waals surface area contributed by atoms with Gasteiger partial charge in [-0.05, 0) is 63.4 Å². The number of hydrogen-bond acceptors (Lipinski definition) is 4. The van der Waals surface area contributed by atoms with Crippen molar-refractivity contribution in [3.63, 3.8) is 0 Å². The van der Waals surface area contributed by atoms with E-state index in [2.05, 4.69) is 34.6 Å². The van der Waals surface area contributed by atoms with E-state index in [0.29, 0.717) is 0 Å². The number of nitrogens with zero attached hydrogens (tertiary/aromatic N) is 2. The second-order valence-corrected chi connectivity index (χ2v) is 7.91. The van der Waals surface area contributed by atoms with Crippen LogP contribution in [0.1, 0.15) is 19.3 Å². The van der Waals surface area contributed by atoms with Crippen LogP contribution in [-0.2, 0) is 4.74 Å². The fourth-order valence-corrected chi connectivity index (χ4v) is 3.86. The van der Waals surface area contributed by atoms with Crippen molar-refractivity contribution in [3.8, 4) is 0 Å². The van der Waals surface area contributed by atoms with E-state index in [4.69, 9.17) is 4.74 Å². The van der Waals surface area contributed by atoms with Gasteiger partial charge in [-0.15, -0.1) is 11.8 Å². The van der Waals surface area contributed by atoms with Crippen LogP contribution in [0.4, 0.5) is 4.39 Å². The number of hydrogen-bond donors (Lipinski definition) is 2. The molecule has 2 rings (SSSR count). The number of rotatable bonds is 8. The lowest BCUT2D eigenvalue weighted by molar-refractivity contribution is -0.00501. The molecule has 2 N–H and O–H groups in total. The quantitative estimate of drug-likeness (QED) is 0.313. The van der Waals surface area contributed by atoms with Gasteiger partial charge in [-0.3, -0.25) is 4.99 Å². The molecule has 7 heteroatoms. The summed E-state index contributed by atoms with van der Waals surface area (Å²) < 4.78 is 18.4. The molecule has 0 aromatic heterocycles. The number of aliphatic imine (C=N–C) groups is 1. The monoisotopic (exact) mass is 382 g/mol. The highest BCUT2D eigenvalue weighted by molar-refractivity contribution is 7.99. The lowest BCUT2D eigenvalue weighted by Gasteiger charge is -2.43. The molecule has 26 heavy (non-hydrogen) atoms. The van der Waals surface area contributed by atoms with E-state index in [1.54, 1.807) is 18.8 Å². The Morgan fingerprint density at radius 3 is 2.54 bits per heavy atom. The highest BCUT2D eigenvalue weighted by atomic mass is 32.2. The number of guanidine groups is 1. The molecule has 0 radical (unpaired) electrons. The molecule has 1 fully saturated rings. The normalized spacial score (nSPS) is 17.3. The van der Waals surface area contributed by atoms with Crippen molar-refractivity contribution in [2.45, 2.75) is 29.7 Å². The Balaban J connectivity index is 1.68. The summed E-state index contributed by atoms with van der Waals surface area (Å²) >= 11 is 1.74. The topological polar surface area (TPSA) is 48.9 Å². The van der Waals surface area contributed by atoms with E-state index in [9.17, 15) is 4.39 Å². The molecular formula is C19H31FN4OS. The Hall–Kier alpha value is -1.31. The summed E-state index contributed by atoms with van der Waals surface area (Å²) in [4.78, 5) is 7.72. The Morgan fingerprint density at radius 1 is 1.23 bits per heavy atom. The fourth-order valence-electron chi connectivity index (χ4n) is 3.00. The SMILES string of the molecule is CN=C(NCCCSc1ccc(F)cc1)NCC1(N(C)C)CCOCC1. The molecule has 1 aliphatic heterocycles. The van der Waals surface area contributed by atoms with Crippen LogP contribution in [0, 0.1) is 5.82 Å². The van der Waals surface area contributed by atoms with Gasteiger partial charge in [0.15, 0.2) is 5.96 Å². The summed E-state index contributed by atoms with van der Waals surface area (Å²) in [5, 5.41) is 6.85. The molecule has 0 atom stereocenters. The average molecular weight is 383 g/mol. The second-order valence-electron chi connectivity index (χ2n) is 6.74. The van der Waals surface area contributed by atoms with Crippen molar-refractivity contribution >= 4 is 17.7 Å². The number of nitrogens with one attached hydrogen (secondary N) is 2. The largest absolute Gasteiger partial charge is 0.381 e. The molecule has 1 heterocycles. The Labute approximate surface area is 160 Å². The highest BCUT2D eigenvalue weighted by Crippen LogP contribution is 2.25. The standard InChI is InChI=1S/C19H31FN4OS/c1-21-18(23-15-19(24(2)3)9-12-25-13-10-19)22-11-4-14-26-17-7-5-16(20)6-8-17/h5-8H,4,9-15H2,1-3H3,(H2,21,22,23). The van der Waals surface area contributed by atoms with Crippen LogP contribution < -0.4 is 10.6 Å². The van der Waals surface area contributed by atoms with Gasteiger partial charge in [0.05, 0.1) is 0 Å². The van der Waals surface area contributed by atoms with Gasteiger partial charge in [0, 0.05) is 43.8 Å². The van der Waals surface area contributed by atoms with Crippen molar-refractivity contribution < 1.29 is 9.13 Å². The molecule has 0 spiro atoms. The zero-order valence-electron chi connectivity index (χ0n) is 16.1. The highest BCUT2D eigenvalue weighted by Gasteiger charge is 2.34. The van der Waals surface area contributed by atoms with E-state index in [0.717, 1.165) is 62.2 Å². The smallest absolute Gasteiger partial charge is 0.191 e. The molecule has 146 valence electrons. The van der Waals surface area contributed by atoms with Gasteiger partial charge >= 0.3 is 0 Å². The summed E-state index contributed by atoms with van der Waals surface area (Å²) in [5.74, 6) is 1.63. The lowest BCUT2D eigenvalue weighted by atomic mass is 9.88. The summed E-state index contributed by atoms with van der Waals surface area (Å²) in [6.07, 6.45) is 3.06. The Bertz CT molecular complexity index is 559. The third-order valence-corrected chi connectivity index (χ3v) is 5.97. The maximum absolute atomic E-state index is 12.9. The molecule has 0 saturated carbocycles. The summed E-state index contributed by atoms with van der Waals surface area (Å²) in [6.45, 7) is 3.33. The van der Waals surface area contributed by atoms with Crippen LogP contribution in [0.5, 0.6) is 0 Å². The van der Waals surface area contributed by atoms with Crippen molar-refractivity contribution in [2.75, 3.05) is 53.2 Å². The average Bonchev–Trinajstić information content (AvgIpc) is 2.66. The summed E-state index contributed by atoms with van der Waals surface area (Å²) in [5.41, 5.74) is 0.119.